The normalized spacial score (nSPS) is 15.2. The second-order valence-corrected chi connectivity index (χ2v) is 10.1. The highest BCUT2D eigenvalue weighted by atomic mass is 16.5. The monoisotopic (exact) mass is 559 g/mol. The van der Waals surface area contributed by atoms with Gasteiger partial charge in [-0.25, -0.2) is 14.6 Å². The van der Waals surface area contributed by atoms with E-state index in [0.717, 1.165) is 24.1 Å². The van der Waals surface area contributed by atoms with Gasteiger partial charge < -0.3 is 24.6 Å². The number of nitrogens with one attached hydrogen (secondary N) is 3. The first-order valence-corrected chi connectivity index (χ1v) is 13.4. The van der Waals surface area contributed by atoms with Crippen molar-refractivity contribution in [3.8, 4) is 0 Å². The molecule has 6 rings (SSSR count). The minimum absolute atomic E-state index is 0.0433. The Morgan fingerprint density at radius 1 is 1.02 bits per heavy atom. The molecular formula is C28H29N7O6. The molecule has 2 fully saturated rings. The number of fused-ring (bicyclic) bond motifs is 1. The highest BCUT2D eigenvalue weighted by Gasteiger charge is 2.30. The smallest absolute Gasteiger partial charge is 0.409 e. The number of benzene rings is 2. The maximum Gasteiger partial charge on any atom is 0.409 e. The predicted octanol–water partition coefficient (Wildman–Crippen LogP) is 2.38. The number of aromatic nitrogens is 4. The van der Waals surface area contributed by atoms with Crippen LogP contribution in [-0.2, 0) is 22.5 Å². The molecule has 1 saturated carbocycles. The van der Waals surface area contributed by atoms with Crippen LogP contribution in [0.2, 0.25) is 0 Å². The molecule has 4 aromatic rings. The van der Waals surface area contributed by atoms with Gasteiger partial charge in [0.15, 0.2) is 11.2 Å². The first kappa shape index (κ1) is 26.3. The Bertz CT molecular complexity index is 1730. The number of hydrogen-bond donors (Lipinski definition) is 4. The van der Waals surface area contributed by atoms with Crippen molar-refractivity contribution in [2.75, 3.05) is 41.8 Å². The number of hydrogen-bond acceptors (Lipinski definition) is 7. The van der Waals surface area contributed by atoms with Crippen LogP contribution in [0.1, 0.15) is 30.3 Å². The number of nitrogens with zero attached hydrogens (tertiary/aromatic N) is 4. The summed E-state index contributed by atoms with van der Waals surface area (Å²) >= 11 is 0. The van der Waals surface area contributed by atoms with E-state index in [1.807, 2.05) is 36.4 Å². The van der Waals surface area contributed by atoms with Gasteiger partial charge >= 0.3 is 11.8 Å². The molecule has 0 bridgehead atoms. The van der Waals surface area contributed by atoms with Gasteiger partial charge in [-0.3, -0.25) is 24.5 Å². The van der Waals surface area contributed by atoms with E-state index in [4.69, 9.17) is 4.74 Å². The van der Waals surface area contributed by atoms with Crippen LogP contribution in [-0.4, -0.2) is 62.5 Å². The molecule has 2 amide bonds. The fourth-order valence-electron chi connectivity index (χ4n) is 5.15. The Morgan fingerprint density at radius 3 is 2.49 bits per heavy atom. The SMILES string of the molecule is O=C(O)Nc1cc(N2CCOCC2)ccc1NC(=O)Cc1nc2c(c(=O)[nH]c(=O)n2C2CC2)n1Cc1ccccc1. The predicted molar refractivity (Wildman–Crippen MR) is 152 cm³/mol. The lowest BCUT2D eigenvalue weighted by Crippen LogP contribution is -2.36. The fraction of sp³-hybridized carbons (Fsp3) is 0.321. The molecule has 41 heavy (non-hydrogen) atoms. The molecule has 4 N–H and O–H groups in total. The number of anilines is 3. The lowest BCUT2D eigenvalue weighted by atomic mass is 10.2. The number of carbonyl (C=O) groups excluding carboxylic acids is 1. The number of ether oxygens (including phenoxy) is 1. The van der Waals surface area contributed by atoms with E-state index in [1.54, 1.807) is 16.7 Å². The number of carboxylic acid groups (broad SMARTS) is 1. The molecular weight excluding hydrogens is 530 g/mol. The van der Waals surface area contributed by atoms with Crippen molar-refractivity contribution in [3.05, 3.63) is 80.8 Å². The maximum atomic E-state index is 13.3. The molecule has 2 aliphatic rings. The Hall–Kier alpha value is -4.91. The average Bonchev–Trinajstić information content (AvgIpc) is 3.73. The summed E-state index contributed by atoms with van der Waals surface area (Å²) in [5.74, 6) is -0.150. The summed E-state index contributed by atoms with van der Waals surface area (Å²) in [6, 6.07) is 14.5. The van der Waals surface area contributed by atoms with Gasteiger partial charge in [0.25, 0.3) is 5.56 Å². The summed E-state index contributed by atoms with van der Waals surface area (Å²) in [6.07, 6.45) is 0.142. The van der Waals surface area contributed by atoms with Crippen LogP contribution in [0.5, 0.6) is 0 Å². The van der Waals surface area contributed by atoms with Gasteiger partial charge in [0.2, 0.25) is 5.91 Å². The van der Waals surface area contributed by atoms with Crippen molar-refractivity contribution in [1.82, 2.24) is 19.1 Å². The van der Waals surface area contributed by atoms with Gasteiger partial charge in [-0.15, -0.1) is 0 Å². The highest BCUT2D eigenvalue weighted by molar-refractivity contribution is 5.99. The molecule has 2 aromatic carbocycles. The molecule has 0 unspecified atom stereocenters. The first-order chi connectivity index (χ1) is 19.9. The zero-order valence-corrected chi connectivity index (χ0v) is 22.1. The van der Waals surface area contributed by atoms with E-state index in [2.05, 4.69) is 25.5 Å². The third-order valence-electron chi connectivity index (χ3n) is 7.22. The molecule has 13 heteroatoms. The van der Waals surface area contributed by atoms with Crippen molar-refractivity contribution in [2.24, 2.45) is 0 Å². The van der Waals surface area contributed by atoms with Crippen LogP contribution < -0.4 is 26.8 Å². The Kier molecular flexibility index (Phi) is 7.01. The first-order valence-electron chi connectivity index (χ1n) is 13.4. The van der Waals surface area contributed by atoms with Gasteiger partial charge in [-0.2, -0.15) is 0 Å². The Morgan fingerprint density at radius 2 is 1.78 bits per heavy atom. The quantitative estimate of drug-likeness (QED) is 0.256. The zero-order valence-electron chi connectivity index (χ0n) is 22.1. The third-order valence-corrected chi connectivity index (χ3v) is 7.22. The third kappa shape index (κ3) is 5.57. The van der Waals surface area contributed by atoms with Crippen LogP contribution in [0.25, 0.3) is 11.2 Å². The van der Waals surface area contributed by atoms with Crippen molar-refractivity contribution in [3.63, 3.8) is 0 Å². The lowest BCUT2D eigenvalue weighted by Gasteiger charge is -2.29. The van der Waals surface area contributed by atoms with Crippen molar-refractivity contribution < 1.29 is 19.4 Å². The fourth-order valence-corrected chi connectivity index (χ4v) is 5.15. The number of carbonyl (C=O) groups is 2. The molecule has 212 valence electrons. The van der Waals surface area contributed by atoms with E-state index in [-0.39, 0.29) is 41.5 Å². The zero-order chi connectivity index (χ0) is 28.5. The maximum absolute atomic E-state index is 13.3. The number of rotatable bonds is 8. The number of aromatic amines is 1. The van der Waals surface area contributed by atoms with Crippen LogP contribution in [0, 0.1) is 0 Å². The van der Waals surface area contributed by atoms with E-state index in [1.165, 1.54) is 4.57 Å². The summed E-state index contributed by atoms with van der Waals surface area (Å²) in [5.41, 5.74) is 1.60. The van der Waals surface area contributed by atoms with Gasteiger partial charge in [-0.1, -0.05) is 30.3 Å². The van der Waals surface area contributed by atoms with Gasteiger partial charge in [0, 0.05) is 31.4 Å². The topological polar surface area (TPSA) is 164 Å². The number of amides is 2. The van der Waals surface area contributed by atoms with Crippen LogP contribution in [0.4, 0.5) is 21.9 Å². The number of morpholine rings is 1. The van der Waals surface area contributed by atoms with Gasteiger partial charge in [-0.05, 0) is 36.6 Å². The van der Waals surface area contributed by atoms with Gasteiger partial charge in [0.05, 0.1) is 31.0 Å². The largest absolute Gasteiger partial charge is 0.465 e. The number of imidazole rings is 1. The van der Waals surface area contributed by atoms with E-state index >= 15 is 0 Å². The summed E-state index contributed by atoms with van der Waals surface area (Å²) in [7, 11) is 0. The van der Waals surface area contributed by atoms with Crippen LogP contribution in [0.15, 0.2) is 58.1 Å². The molecule has 3 heterocycles. The molecule has 1 aliphatic heterocycles. The summed E-state index contributed by atoms with van der Waals surface area (Å²) in [5, 5.41) is 14.6. The molecule has 1 aliphatic carbocycles. The van der Waals surface area contributed by atoms with Gasteiger partial charge in [0.1, 0.15) is 5.82 Å². The Labute approximate surface area is 233 Å². The highest BCUT2D eigenvalue weighted by Crippen LogP contribution is 2.35. The average molecular weight is 560 g/mol. The van der Waals surface area contributed by atoms with Crippen LogP contribution in [0.3, 0.4) is 0 Å². The molecule has 1 saturated heterocycles. The van der Waals surface area contributed by atoms with E-state index in [9.17, 15) is 24.3 Å². The van der Waals surface area contributed by atoms with Crippen molar-refractivity contribution in [1.29, 1.82) is 0 Å². The van der Waals surface area contributed by atoms with Crippen molar-refractivity contribution >= 4 is 40.2 Å². The molecule has 0 spiro atoms. The van der Waals surface area contributed by atoms with E-state index in [0.29, 0.717) is 32.1 Å². The minimum atomic E-state index is -1.26. The second kappa shape index (κ2) is 10.9. The summed E-state index contributed by atoms with van der Waals surface area (Å²) < 4.78 is 8.56. The summed E-state index contributed by atoms with van der Waals surface area (Å²) in [6.45, 7) is 2.75. The van der Waals surface area contributed by atoms with Crippen molar-refractivity contribution in [2.45, 2.75) is 31.8 Å². The molecule has 2 aromatic heterocycles. The molecule has 13 nitrogen and oxygen atoms in total. The lowest BCUT2D eigenvalue weighted by molar-refractivity contribution is -0.115. The van der Waals surface area contributed by atoms with E-state index < -0.39 is 23.2 Å². The minimum Gasteiger partial charge on any atom is -0.465 e. The molecule has 0 atom stereocenters. The second-order valence-electron chi connectivity index (χ2n) is 10.1. The standard InChI is InChI=1S/C28H29N7O6/c36-23(29-20-9-8-19(14-21(20)30-28(39)40)33-10-12-41-13-11-33)15-22-31-25-24(34(22)16-17-4-2-1-3-5-17)26(37)32-27(38)35(25)18-6-7-18/h1-5,8-9,14,18,30H,6-7,10-13,15-16H2,(H,29,36)(H,39,40)(H,32,37,38). The number of H-pyrrole nitrogens is 1. The Balaban J connectivity index is 1.34. The summed E-state index contributed by atoms with van der Waals surface area (Å²) in [4.78, 5) is 59.7. The molecule has 0 radical (unpaired) electrons. The van der Waals surface area contributed by atoms with Crippen LogP contribution >= 0.6 is 0 Å².